The summed E-state index contributed by atoms with van der Waals surface area (Å²) in [6, 6.07) is 10.9. The van der Waals surface area contributed by atoms with Crippen molar-refractivity contribution in [3.8, 4) is 5.75 Å². The fraction of sp³-hybridized carbons (Fsp3) is 0.238. The lowest BCUT2D eigenvalue weighted by Crippen LogP contribution is -2.14. The number of halogens is 3. The Morgan fingerprint density at radius 2 is 2.03 bits per heavy atom. The molecule has 4 rings (SSSR count). The second-order valence-electron chi connectivity index (χ2n) is 6.77. The summed E-state index contributed by atoms with van der Waals surface area (Å²) < 4.78 is 44.0. The second kappa shape index (κ2) is 7.87. The van der Waals surface area contributed by atoms with Crippen LogP contribution in [0, 0.1) is 0 Å². The van der Waals surface area contributed by atoms with Crippen LogP contribution in [0.3, 0.4) is 0 Å². The zero-order valence-corrected chi connectivity index (χ0v) is 16.1. The second-order valence-corrected chi connectivity index (χ2v) is 7.89. The van der Waals surface area contributed by atoms with Gasteiger partial charge in [0.1, 0.15) is 5.75 Å². The van der Waals surface area contributed by atoms with Crippen molar-refractivity contribution in [2.24, 2.45) is 0 Å². The maximum absolute atomic E-state index is 12.8. The standard InChI is InChI=1S/C21H17F3N2O2S/c22-21(23,24)16-3-1-2-13(9-16)10-17-12-25-20(29-17)26-19(27)11-14-4-5-18-15(8-14)6-7-28-18/h1-5,8-9,12H,6-7,10-11H2,(H,25,26,27). The molecule has 0 spiro atoms. The highest BCUT2D eigenvalue weighted by Gasteiger charge is 2.30. The van der Waals surface area contributed by atoms with Crippen LogP contribution in [0.15, 0.2) is 48.7 Å². The quantitative estimate of drug-likeness (QED) is 0.643. The van der Waals surface area contributed by atoms with Crippen molar-refractivity contribution in [1.29, 1.82) is 0 Å². The number of carbonyl (C=O) groups is 1. The van der Waals surface area contributed by atoms with E-state index < -0.39 is 11.7 Å². The van der Waals surface area contributed by atoms with Crippen molar-refractivity contribution in [3.05, 3.63) is 75.8 Å². The number of alkyl halides is 3. The predicted molar refractivity (Wildman–Crippen MR) is 104 cm³/mol. The molecule has 0 saturated carbocycles. The number of aromatic nitrogens is 1. The minimum absolute atomic E-state index is 0.191. The van der Waals surface area contributed by atoms with Gasteiger partial charge >= 0.3 is 6.18 Å². The number of fused-ring (bicyclic) bond motifs is 1. The number of nitrogens with zero attached hydrogens (tertiary/aromatic N) is 1. The number of hydrogen-bond donors (Lipinski definition) is 1. The van der Waals surface area contributed by atoms with Crippen LogP contribution in [0.5, 0.6) is 5.75 Å². The van der Waals surface area contributed by atoms with Gasteiger partial charge in [-0.3, -0.25) is 4.79 Å². The summed E-state index contributed by atoms with van der Waals surface area (Å²) in [4.78, 5) is 17.2. The molecule has 1 aromatic heterocycles. The number of nitrogens with one attached hydrogen (secondary N) is 1. The summed E-state index contributed by atoms with van der Waals surface area (Å²) in [5.41, 5.74) is 1.87. The minimum atomic E-state index is -4.37. The zero-order chi connectivity index (χ0) is 20.4. The average Bonchev–Trinajstić information content (AvgIpc) is 3.30. The topological polar surface area (TPSA) is 51.2 Å². The number of ether oxygens (including phenoxy) is 1. The van der Waals surface area contributed by atoms with Gasteiger partial charge in [0.2, 0.25) is 5.91 Å². The highest BCUT2D eigenvalue weighted by Crippen LogP contribution is 2.31. The Balaban J connectivity index is 1.37. The fourth-order valence-corrected chi connectivity index (χ4v) is 4.07. The molecule has 0 unspecified atom stereocenters. The third kappa shape index (κ3) is 4.76. The summed E-state index contributed by atoms with van der Waals surface area (Å²) in [6.45, 7) is 0.665. The molecule has 1 N–H and O–H groups in total. The lowest BCUT2D eigenvalue weighted by molar-refractivity contribution is -0.137. The number of amides is 1. The van der Waals surface area contributed by atoms with Gasteiger partial charge in [-0.15, -0.1) is 11.3 Å². The normalized spacial score (nSPS) is 13.1. The molecule has 0 atom stereocenters. The average molecular weight is 418 g/mol. The SMILES string of the molecule is O=C(Cc1ccc2c(c1)CCO2)Nc1ncc(Cc2cccc(C(F)(F)F)c2)s1. The highest BCUT2D eigenvalue weighted by molar-refractivity contribution is 7.15. The number of anilines is 1. The van der Waals surface area contributed by atoms with E-state index in [-0.39, 0.29) is 12.3 Å². The zero-order valence-electron chi connectivity index (χ0n) is 15.3. The maximum atomic E-state index is 12.8. The summed E-state index contributed by atoms with van der Waals surface area (Å²) in [5, 5.41) is 3.19. The molecular weight excluding hydrogens is 401 g/mol. The van der Waals surface area contributed by atoms with Crippen molar-refractivity contribution < 1.29 is 22.7 Å². The highest BCUT2D eigenvalue weighted by atomic mass is 32.1. The largest absolute Gasteiger partial charge is 0.493 e. The van der Waals surface area contributed by atoms with E-state index >= 15 is 0 Å². The Hall–Kier alpha value is -2.87. The molecule has 2 aromatic carbocycles. The molecule has 2 heterocycles. The third-order valence-electron chi connectivity index (χ3n) is 4.55. The Labute approximate surface area is 169 Å². The first-order chi connectivity index (χ1) is 13.9. The van der Waals surface area contributed by atoms with Gasteiger partial charge in [-0.05, 0) is 28.8 Å². The Morgan fingerprint density at radius 3 is 2.86 bits per heavy atom. The molecule has 29 heavy (non-hydrogen) atoms. The predicted octanol–water partition coefficient (Wildman–Crippen LogP) is 4.87. The van der Waals surface area contributed by atoms with E-state index in [1.165, 1.54) is 17.4 Å². The maximum Gasteiger partial charge on any atom is 0.416 e. The smallest absolute Gasteiger partial charge is 0.416 e. The molecule has 1 aliphatic rings. The van der Waals surface area contributed by atoms with Crippen LogP contribution in [-0.2, 0) is 30.2 Å². The summed E-state index contributed by atoms with van der Waals surface area (Å²) in [6.07, 6.45) is -1.41. The van der Waals surface area contributed by atoms with E-state index in [1.54, 1.807) is 12.3 Å². The molecule has 1 aliphatic heterocycles. The lowest BCUT2D eigenvalue weighted by atomic mass is 10.1. The van der Waals surface area contributed by atoms with Crippen molar-refractivity contribution in [2.45, 2.75) is 25.4 Å². The molecule has 0 fully saturated rings. The fourth-order valence-electron chi connectivity index (χ4n) is 3.20. The minimum Gasteiger partial charge on any atom is -0.493 e. The van der Waals surface area contributed by atoms with Gasteiger partial charge in [-0.2, -0.15) is 13.2 Å². The van der Waals surface area contributed by atoms with E-state index in [0.717, 1.165) is 40.3 Å². The van der Waals surface area contributed by atoms with Gasteiger partial charge in [0.05, 0.1) is 18.6 Å². The first-order valence-electron chi connectivity index (χ1n) is 9.02. The van der Waals surface area contributed by atoms with Crippen LogP contribution in [0.4, 0.5) is 18.3 Å². The van der Waals surface area contributed by atoms with E-state index in [2.05, 4.69) is 10.3 Å². The number of hydrogen-bond acceptors (Lipinski definition) is 4. The Kier molecular flexibility index (Phi) is 5.27. The molecule has 3 aromatic rings. The summed E-state index contributed by atoms with van der Waals surface area (Å²) in [7, 11) is 0. The molecule has 0 bridgehead atoms. The third-order valence-corrected chi connectivity index (χ3v) is 5.46. The van der Waals surface area contributed by atoms with Gasteiger partial charge < -0.3 is 10.1 Å². The lowest BCUT2D eigenvalue weighted by Gasteiger charge is -2.07. The van der Waals surface area contributed by atoms with Crippen molar-refractivity contribution in [3.63, 3.8) is 0 Å². The van der Waals surface area contributed by atoms with Gasteiger partial charge in [0.25, 0.3) is 0 Å². The van der Waals surface area contributed by atoms with Crippen molar-refractivity contribution in [1.82, 2.24) is 4.98 Å². The van der Waals surface area contributed by atoms with Crippen LogP contribution in [-0.4, -0.2) is 17.5 Å². The molecule has 8 heteroatoms. The monoisotopic (exact) mass is 418 g/mol. The Morgan fingerprint density at radius 1 is 1.17 bits per heavy atom. The van der Waals surface area contributed by atoms with E-state index in [9.17, 15) is 18.0 Å². The van der Waals surface area contributed by atoms with Crippen LogP contribution in [0.25, 0.3) is 0 Å². The van der Waals surface area contributed by atoms with Gasteiger partial charge in [-0.25, -0.2) is 4.98 Å². The first kappa shape index (κ1) is 19.4. The number of thiazole rings is 1. The van der Waals surface area contributed by atoms with E-state index in [1.807, 2.05) is 18.2 Å². The van der Waals surface area contributed by atoms with Gasteiger partial charge in [-0.1, -0.05) is 30.3 Å². The molecular formula is C21H17F3N2O2S. The first-order valence-corrected chi connectivity index (χ1v) is 9.84. The number of carbonyl (C=O) groups excluding carboxylic acids is 1. The molecule has 1 amide bonds. The van der Waals surface area contributed by atoms with E-state index in [4.69, 9.17) is 4.74 Å². The number of rotatable bonds is 5. The van der Waals surface area contributed by atoms with E-state index in [0.29, 0.717) is 23.7 Å². The van der Waals surface area contributed by atoms with Crippen LogP contribution >= 0.6 is 11.3 Å². The molecule has 0 aliphatic carbocycles. The van der Waals surface area contributed by atoms with Gasteiger partial charge in [0.15, 0.2) is 5.13 Å². The summed E-state index contributed by atoms with van der Waals surface area (Å²) in [5.74, 6) is 0.678. The molecule has 150 valence electrons. The van der Waals surface area contributed by atoms with Crippen LogP contribution < -0.4 is 10.1 Å². The van der Waals surface area contributed by atoms with Gasteiger partial charge in [0, 0.05) is 23.9 Å². The van der Waals surface area contributed by atoms with Crippen LogP contribution in [0.2, 0.25) is 0 Å². The molecule has 0 saturated heterocycles. The Bertz CT molecular complexity index is 1050. The number of benzene rings is 2. The van der Waals surface area contributed by atoms with Crippen molar-refractivity contribution in [2.75, 3.05) is 11.9 Å². The van der Waals surface area contributed by atoms with Crippen molar-refractivity contribution >= 4 is 22.4 Å². The molecule has 0 radical (unpaired) electrons. The van der Waals surface area contributed by atoms with Crippen LogP contribution in [0.1, 0.15) is 27.1 Å². The molecule has 4 nitrogen and oxygen atoms in total. The summed E-state index contributed by atoms with van der Waals surface area (Å²) >= 11 is 1.26.